The van der Waals surface area contributed by atoms with E-state index in [1.165, 1.54) is 0 Å². The fourth-order valence-corrected chi connectivity index (χ4v) is 6.33. The van der Waals surface area contributed by atoms with Crippen molar-refractivity contribution in [2.45, 2.75) is 50.5 Å². The zero-order chi connectivity index (χ0) is 28.3. The van der Waals surface area contributed by atoms with E-state index in [4.69, 9.17) is 4.74 Å². The van der Waals surface area contributed by atoms with Crippen molar-refractivity contribution in [3.63, 3.8) is 0 Å². The summed E-state index contributed by atoms with van der Waals surface area (Å²) in [5, 5.41) is 10.2. The summed E-state index contributed by atoms with van der Waals surface area (Å²) in [6.07, 6.45) is -0.284. The van der Waals surface area contributed by atoms with E-state index in [9.17, 15) is 14.9 Å². The molecule has 0 unspecified atom stereocenters. The molecule has 39 heavy (non-hydrogen) atoms. The Morgan fingerprint density at radius 2 is 1.82 bits per heavy atom. The fourth-order valence-electron chi connectivity index (χ4n) is 5.49. The summed E-state index contributed by atoms with van der Waals surface area (Å²) in [4.78, 5) is 35.2. The summed E-state index contributed by atoms with van der Waals surface area (Å²) >= 11 is 1.59. The molecular weight excluding hydrogens is 510 g/mol. The normalized spacial score (nSPS) is 16.7. The lowest BCUT2D eigenvalue weighted by atomic mass is 9.71. The zero-order valence-electron chi connectivity index (χ0n) is 23.6. The summed E-state index contributed by atoms with van der Waals surface area (Å²) < 4.78 is 7.61. The van der Waals surface area contributed by atoms with Crippen molar-refractivity contribution in [2.75, 3.05) is 45.2 Å². The van der Waals surface area contributed by atoms with Crippen LogP contribution >= 0.6 is 11.9 Å². The fraction of sp³-hybridized carbons (Fsp3) is 0.433. The number of H-pyrrole nitrogens is 1. The molecule has 2 aliphatic rings. The minimum atomic E-state index is -0.530. The first kappa shape index (κ1) is 27.1. The number of hydrogen-bond acceptors (Lipinski definition) is 7. The van der Waals surface area contributed by atoms with Crippen molar-refractivity contribution in [1.29, 1.82) is 5.26 Å². The Labute approximate surface area is 234 Å². The van der Waals surface area contributed by atoms with Gasteiger partial charge in [-0.15, -0.1) is 0 Å². The van der Waals surface area contributed by atoms with Gasteiger partial charge in [-0.1, -0.05) is 19.9 Å². The van der Waals surface area contributed by atoms with Crippen molar-refractivity contribution < 1.29 is 14.3 Å². The van der Waals surface area contributed by atoms with Gasteiger partial charge >= 0.3 is 6.09 Å². The predicted molar refractivity (Wildman–Crippen MR) is 155 cm³/mol. The number of anilines is 1. The number of aromatic amines is 1. The van der Waals surface area contributed by atoms with Crippen molar-refractivity contribution in [1.82, 2.24) is 14.2 Å². The number of carbonyl (C=O) groups excluding carboxylic acids is 2. The van der Waals surface area contributed by atoms with Gasteiger partial charge in [-0.05, 0) is 76.6 Å². The quantitative estimate of drug-likeness (QED) is 0.432. The Hall–Kier alpha value is -3.48. The smallest absolute Gasteiger partial charge is 0.410 e. The van der Waals surface area contributed by atoms with Crippen molar-refractivity contribution >= 4 is 40.4 Å². The molecule has 1 amide bonds. The maximum Gasteiger partial charge on any atom is 0.410 e. The highest BCUT2D eigenvalue weighted by molar-refractivity contribution is 7.97. The van der Waals surface area contributed by atoms with Crippen LogP contribution in [-0.4, -0.2) is 71.9 Å². The maximum atomic E-state index is 14.0. The van der Waals surface area contributed by atoms with E-state index in [-0.39, 0.29) is 11.9 Å². The van der Waals surface area contributed by atoms with Crippen LogP contribution in [0.2, 0.25) is 0 Å². The second-order valence-corrected chi connectivity index (χ2v) is 13.3. The van der Waals surface area contributed by atoms with Gasteiger partial charge in [-0.2, -0.15) is 5.26 Å². The molecule has 1 fully saturated rings. The molecule has 9 heteroatoms. The molecule has 2 aromatic carbocycles. The molecule has 204 valence electrons. The van der Waals surface area contributed by atoms with Gasteiger partial charge in [-0.3, -0.25) is 9.10 Å². The molecule has 1 aromatic heterocycles. The van der Waals surface area contributed by atoms with Crippen LogP contribution in [0.3, 0.4) is 0 Å². The first-order chi connectivity index (χ1) is 18.3. The number of rotatable bonds is 3. The Bertz CT molecular complexity index is 1520. The molecule has 0 spiro atoms. The lowest BCUT2D eigenvalue weighted by molar-refractivity contribution is 0.0240. The van der Waals surface area contributed by atoms with Crippen LogP contribution in [0.15, 0.2) is 35.2 Å². The molecule has 8 nitrogen and oxygen atoms in total. The van der Waals surface area contributed by atoms with Crippen LogP contribution in [0.5, 0.6) is 0 Å². The molecule has 5 rings (SSSR count). The van der Waals surface area contributed by atoms with Gasteiger partial charge in [0.05, 0.1) is 22.9 Å². The average Bonchev–Trinajstić information content (AvgIpc) is 3.26. The molecule has 1 saturated heterocycles. The van der Waals surface area contributed by atoms with Gasteiger partial charge in [0.15, 0.2) is 5.78 Å². The molecule has 0 atom stereocenters. The van der Waals surface area contributed by atoms with Crippen LogP contribution in [-0.2, 0) is 10.2 Å². The molecule has 0 saturated carbocycles. The SMILES string of the molecule is CN(C)Sc1cc2c(cc1N1CCN(C(=O)OC(C)(C)C)CC1)C(C)(C)c1[nH]c3cc(C#N)ccc3c1C2=O. The monoisotopic (exact) mass is 545 g/mol. The van der Waals surface area contributed by atoms with Gasteiger partial charge < -0.3 is 19.5 Å². The first-order valence-corrected chi connectivity index (χ1v) is 13.9. The van der Waals surface area contributed by atoms with E-state index in [1.54, 1.807) is 22.9 Å². The van der Waals surface area contributed by atoms with Crippen molar-refractivity contribution in [3.05, 3.63) is 58.3 Å². The molecule has 1 N–H and O–H groups in total. The number of ketones is 1. The van der Waals surface area contributed by atoms with E-state index >= 15 is 0 Å². The second-order valence-electron chi connectivity index (χ2n) is 11.9. The molecule has 1 aliphatic carbocycles. The summed E-state index contributed by atoms with van der Waals surface area (Å²) in [6, 6.07) is 11.8. The Morgan fingerprint density at radius 1 is 1.13 bits per heavy atom. The number of aromatic nitrogens is 1. The highest BCUT2D eigenvalue weighted by atomic mass is 32.2. The topological polar surface area (TPSA) is 92.7 Å². The number of ether oxygens (including phenoxy) is 1. The van der Waals surface area contributed by atoms with E-state index in [0.29, 0.717) is 42.9 Å². The number of nitriles is 1. The molecule has 0 radical (unpaired) electrons. The summed E-state index contributed by atoms with van der Waals surface area (Å²) in [6.45, 7) is 12.4. The Kier molecular flexibility index (Phi) is 6.68. The third-order valence-corrected chi connectivity index (χ3v) is 8.24. The van der Waals surface area contributed by atoms with Crippen LogP contribution < -0.4 is 4.90 Å². The second kappa shape index (κ2) is 9.61. The number of benzene rings is 2. The number of nitrogens with one attached hydrogen (secondary N) is 1. The van der Waals surface area contributed by atoms with Crippen LogP contribution in [0.1, 0.15) is 67.4 Å². The van der Waals surface area contributed by atoms with Crippen LogP contribution in [0.4, 0.5) is 10.5 Å². The van der Waals surface area contributed by atoms with Crippen molar-refractivity contribution in [3.8, 4) is 6.07 Å². The predicted octanol–water partition coefficient (Wildman–Crippen LogP) is 5.54. The molecule has 2 heterocycles. The zero-order valence-corrected chi connectivity index (χ0v) is 24.5. The van der Waals surface area contributed by atoms with Gasteiger partial charge in [0, 0.05) is 58.6 Å². The summed E-state index contributed by atoms with van der Waals surface area (Å²) in [5.74, 6) is -0.00261. The molecular formula is C30H35N5O3S. The average molecular weight is 546 g/mol. The first-order valence-electron chi connectivity index (χ1n) is 13.2. The number of hydrogen-bond donors (Lipinski definition) is 1. The van der Waals surface area contributed by atoms with Gasteiger partial charge in [0.1, 0.15) is 5.60 Å². The van der Waals surface area contributed by atoms with Gasteiger partial charge in [0.25, 0.3) is 0 Å². The van der Waals surface area contributed by atoms with E-state index in [1.807, 2.05) is 57.4 Å². The molecule has 3 aromatic rings. The third-order valence-electron chi connectivity index (χ3n) is 7.35. The van der Waals surface area contributed by atoms with Crippen LogP contribution in [0.25, 0.3) is 10.9 Å². The Balaban J connectivity index is 1.54. The standard InChI is InChI=1S/C30H35N5O3S/c1-29(2,3)38-28(37)35-12-10-34(11-13-35)23-16-21-20(15-24(23)39-33(6)7)26(36)25-19-9-8-18(17-31)14-22(19)32-27(25)30(21,4)5/h8-9,14-16,32H,10-13H2,1-7H3. The number of nitrogens with zero attached hydrogens (tertiary/aromatic N) is 4. The minimum absolute atomic E-state index is 0.00261. The minimum Gasteiger partial charge on any atom is -0.444 e. The van der Waals surface area contributed by atoms with E-state index < -0.39 is 11.0 Å². The third kappa shape index (κ3) is 4.88. The number of carbonyl (C=O) groups is 2. The highest BCUT2D eigenvalue weighted by Gasteiger charge is 2.41. The van der Waals surface area contributed by atoms with Gasteiger partial charge in [-0.25, -0.2) is 4.79 Å². The van der Waals surface area contributed by atoms with Crippen LogP contribution in [0, 0.1) is 11.3 Å². The van der Waals surface area contributed by atoms with Gasteiger partial charge in [0.2, 0.25) is 0 Å². The number of fused-ring (bicyclic) bond motifs is 4. The number of amides is 1. The Morgan fingerprint density at radius 3 is 2.44 bits per heavy atom. The lowest BCUT2D eigenvalue weighted by Gasteiger charge is -2.39. The maximum absolute atomic E-state index is 14.0. The number of piperazine rings is 1. The highest BCUT2D eigenvalue weighted by Crippen LogP contribution is 2.47. The summed E-state index contributed by atoms with van der Waals surface area (Å²) in [7, 11) is 3.98. The summed E-state index contributed by atoms with van der Waals surface area (Å²) in [5.41, 5.74) is 4.67. The largest absolute Gasteiger partial charge is 0.444 e. The van der Waals surface area contributed by atoms with E-state index in [0.717, 1.165) is 32.7 Å². The van der Waals surface area contributed by atoms with Crippen molar-refractivity contribution in [2.24, 2.45) is 0 Å². The molecule has 0 bridgehead atoms. The lowest BCUT2D eigenvalue weighted by Crippen LogP contribution is -2.50. The molecule has 1 aliphatic heterocycles. The van der Waals surface area contributed by atoms with E-state index in [2.05, 4.69) is 35.9 Å².